The average Bonchev–Trinajstić information content (AvgIpc) is 2.46. The van der Waals surface area contributed by atoms with Crippen molar-refractivity contribution in [3.63, 3.8) is 0 Å². The second kappa shape index (κ2) is 4.81. The standard InChI is InChI=1S/C17H18N2O/c1-17(20)8-10-19(11-9-17)16-7-6-13(12-18)14-4-2-3-5-15(14)16/h2-7,20H,8-11H2,1H3. The Morgan fingerprint density at radius 2 is 1.75 bits per heavy atom. The molecule has 3 heteroatoms. The van der Waals surface area contributed by atoms with Gasteiger partial charge in [-0.15, -0.1) is 0 Å². The highest BCUT2D eigenvalue weighted by Crippen LogP contribution is 2.32. The molecule has 1 heterocycles. The number of fused-ring (bicyclic) bond motifs is 1. The van der Waals surface area contributed by atoms with E-state index in [9.17, 15) is 10.4 Å². The highest BCUT2D eigenvalue weighted by atomic mass is 16.3. The molecule has 3 nitrogen and oxygen atoms in total. The second-order valence-electron chi connectivity index (χ2n) is 5.77. The van der Waals surface area contributed by atoms with Gasteiger partial charge >= 0.3 is 0 Å². The van der Waals surface area contributed by atoms with Gasteiger partial charge in [-0.2, -0.15) is 5.26 Å². The van der Waals surface area contributed by atoms with Crippen LogP contribution in [0.25, 0.3) is 10.8 Å². The van der Waals surface area contributed by atoms with Gasteiger partial charge in [-0.3, -0.25) is 0 Å². The van der Waals surface area contributed by atoms with Gasteiger partial charge in [0.15, 0.2) is 0 Å². The lowest BCUT2D eigenvalue weighted by atomic mass is 9.92. The van der Waals surface area contributed by atoms with Crippen LogP contribution in [0.1, 0.15) is 25.3 Å². The normalized spacial score (nSPS) is 17.9. The van der Waals surface area contributed by atoms with E-state index in [1.165, 1.54) is 0 Å². The van der Waals surface area contributed by atoms with E-state index < -0.39 is 5.60 Å². The Labute approximate surface area is 119 Å². The number of nitriles is 1. The van der Waals surface area contributed by atoms with Gasteiger partial charge in [0.25, 0.3) is 0 Å². The summed E-state index contributed by atoms with van der Waals surface area (Å²) in [4.78, 5) is 2.31. The Bertz CT molecular complexity index is 675. The Hall–Kier alpha value is -2.05. The van der Waals surface area contributed by atoms with Gasteiger partial charge in [0.05, 0.1) is 17.2 Å². The smallest absolute Gasteiger partial charge is 0.0998 e. The predicted octanol–water partition coefficient (Wildman–Crippen LogP) is 3.06. The zero-order valence-electron chi connectivity index (χ0n) is 11.6. The average molecular weight is 266 g/mol. The fourth-order valence-corrected chi connectivity index (χ4v) is 2.89. The number of hydrogen-bond acceptors (Lipinski definition) is 3. The molecule has 0 unspecified atom stereocenters. The Morgan fingerprint density at radius 3 is 2.40 bits per heavy atom. The molecule has 0 bridgehead atoms. The first kappa shape index (κ1) is 13.0. The topological polar surface area (TPSA) is 47.3 Å². The molecule has 2 aromatic carbocycles. The third kappa shape index (κ3) is 2.23. The molecule has 3 rings (SSSR count). The Balaban J connectivity index is 2.03. The van der Waals surface area contributed by atoms with Gasteiger partial charge < -0.3 is 10.0 Å². The minimum absolute atomic E-state index is 0.543. The molecule has 0 aliphatic carbocycles. The van der Waals surface area contributed by atoms with Gasteiger partial charge in [-0.25, -0.2) is 0 Å². The van der Waals surface area contributed by atoms with Crippen LogP contribution in [0.2, 0.25) is 0 Å². The summed E-state index contributed by atoms with van der Waals surface area (Å²) in [6.45, 7) is 3.60. The van der Waals surface area contributed by atoms with Crippen LogP contribution >= 0.6 is 0 Å². The van der Waals surface area contributed by atoms with Crippen LogP contribution in [0.5, 0.6) is 0 Å². The van der Waals surface area contributed by atoms with E-state index in [-0.39, 0.29) is 0 Å². The zero-order valence-corrected chi connectivity index (χ0v) is 11.6. The maximum atomic E-state index is 10.1. The van der Waals surface area contributed by atoms with Crippen molar-refractivity contribution in [2.75, 3.05) is 18.0 Å². The molecule has 0 atom stereocenters. The van der Waals surface area contributed by atoms with Crippen molar-refractivity contribution < 1.29 is 5.11 Å². The van der Waals surface area contributed by atoms with Gasteiger partial charge in [0.2, 0.25) is 0 Å². The minimum Gasteiger partial charge on any atom is -0.390 e. The van der Waals surface area contributed by atoms with E-state index in [1.807, 2.05) is 37.3 Å². The summed E-state index contributed by atoms with van der Waals surface area (Å²) in [6, 6.07) is 14.2. The first-order valence-corrected chi connectivity index (χ1v) is 7.00. The molecule has 1 aliphatic heterocycles. The first-order valence-electron chi connectivity index (χ1n) is 7.00. The lowest BCUT2D eigenvalue weighted by molar-refractivity contribution is 0.0352. The number of hydrogen-bond donors (Lipinski definition) is 1. The third-order valence-electron chi connectivity index (χ3n) is 4.20. The lowest BCUT2D eigenvalue weighted by Crippen LogP contribution is -2.42. The molecule has 0 radical (unpaired) electrons. The van der Waals surface area contributed by atoms with E-state index in [0.717, 1.165) is 42.4 Å². The molecule has 2 aromatic rings. The van der Waals surface area contributed by atoms with Crippen LogP contribution in [0, 0.1) is 11.3 Å². The predicted molar refractivity (Wildman–Crippen MR) is 80.7 cm³/mol. The van der Waals surface area contributed by atoms with E-state index >= 15 is 0 Å². The second-order valence-corrected chi connectivity index (χ2v) is 5.77. The summed E-state index contributed by atoms with van der Waals surface area (Å²) < 4.78 is 0. The Morgan fingerprint density at radius 1 is 1.10 bits per heavy atom. The van der Waals surface area contributed by atoms with Crippen molar-refractivity contribution in [1.29, 1.82) is 5.26 Å². The van der Waals surface area contributed by atoms with Crippen LogP contribution in [0.15, 0.2) is 36.4 Å². The van der Waals surface area contributed by atoms with Crippen LogP contribution in [0.4, 0.5) is 5.69 Å². The molecule has 0 spiro atoms. The summed E-state index contributed by atoms with van der Waals surface area (Å²) in [5, 5.41) is 21.4. The fourth-order valence-electron chi connectivity index (χ4n) is 2.89. The fraction of sp³-hybridized carbons (Fsp3) is 0.353. The number of nitrogens with zero attached hydrogens (tertiary/aromatic N) is 2. The number of anilines is 1. The van der Waals surface area contributed by atoms with E-state index in [2.05, 4.69) is 17.0 Å². The zero-order chi connectivity index (χ0) is 14.2. The number of rotatable bonds is 1. The summed E-state index contributed by atoms with van der Waals surface area (Å²) in [7, 11) is 0. The van der Waals surface area contributed by atoms with E-state index in [4.69, 9.17) is 0 Å². The lowest BCUT2D eigenvalue weighted by Gasteiger charge is -2.37. The molecule has 1 fully saturated rings. The minimum atomic E-state index is -0.543. The summed E-state index contributed by atoms with van der Waals surface area (Å²) in [6.07, 6.45) is 1.56. The molecule has 0 amide bonds. The molecule has 1 saturated heterocycles. The van der Waals surface area contributed by atoms with Gasteiger partial charge in [0, 0.05) is 29.5 Å². The van der Waals surface area contributed by atoms with Crippen molar-refractivity contribution in [2.45, 2.75) is 25.4 Å². The molecule has 1 aliphatic rings. The number of aliphatic hydroxyl groups is 1. The van der Waals surface area contributed by atoms with E-state index in [1.54, 1.807) is 0 Å². The van der Waals surface area contributed by atoms with E-state index in [0.29, 0.717) is 5.56 Å². The first-order chi connectivity index (χ1) is 9.61. The van der Waals surface area contributed by atoms with Crippen molar-refractivity contribution >= 4 is 16.5 Å². The largest absolute Gasteiger partial charge is 0.390 e. The van der Waals surface area contributed by atoms with Crippen molar-refractivity contribution in [2.24, 2.45) is 0 Å². The highest BCUT2D eigenvalue weighted by Gasteiger charge is 2.28. The molecule has 1 N–H and O–H groups in total. The Kier molecular flexibility index (Phi) is 3.11. The quantitative estimate of drug-likeness (QED) is 0.863. The highest BCUT2D eigenvalue weighted by molar-refractivity contribution is 5.97. The molecule has 20 heavy (non-hydrogen) atoms. The number of benzene rings is 2. The van der Waals surface area contributed by atoms with Crippen LogP contribution in [-0.4, -0.2) is 23.8 Å². The monoisotopic (exact) mass is 266 g/mol. The SMILES string of the molecule is CC1(O)CCN(c2ccc(C#N)c3ccccc23)CC1. The number of piperidine rings is 1. The maximum absolute atomic E-state index is 10.1. The molecular weight excluding hydrogens is 248 g/mol. The van der Waals surface area contributed by atoms with Crippen molar-refractivity contribution in [1.82, 2.24) is 0 Å². The maximum Gasteiger partial charge on any atom is 0.0998 e. The molecule has 102 valence electrons. The molecule has 0 saturated carbocycles. The summed E-state index contributed by atoms with van der Waals surface area (Å²) in [5.41, 5.74) is 1.34. The molecular formula is C17H18N2O. The van der Waals surface area contributed by atoms with Crippen molar-refractivity contribution in [3.05, 3.63) is 42.0 Å². The van der Waals surface area contributed by atoms with Crippen LogP contribution in [0.3, 0.4) is 0 Å². The summed E-state index contributed by atoms with van der Waals surface area (Å²) >= 11 is 0. The third-order valence-corrected chi connectivity index (χ3v) is 4.20. The van der Waals surface area contributed by atoms with Gasteiger partial charge in [-0.1, -0.05) is 24.3 Å². The van der Waals surface area contributed by atoms with Crippen molar-refractivity contribution in [3.8, 4) is 6.07 Å². The van der Waals surface area contributed by atoms with Gasteiger partial charge in [-0.05, 0) is 31.9 Å². The summed E-state index contributed by atoms with van der Waals surface area (Å²) in [5.74, 6) is 0. The molecule has 0 aromatic heterocycles. The van der Waals surface area contributed by atoms with Gasteiger partial charge in [0.1, 0.15) is 0 Å². The van der Waals surface area contributed by atoms with Crippen LogP contribution in [-0.2, 0) is 0 Å². The van der Waals surface area contributed by atoms with Crippen LogP contribution < -0.4 is 4.90 Å².